The highest BCUT2D eigenvalue weighted by molar-refractivity contribution is 5.19. The van der Waals surface area contributed by atoms with Gasteiger partial charge in [-0.3, -0.25) is 0 Å². The summed E-state index contributed by atoms with van der Waals surface area (Å²) in [5.41, 5.74) is 1.19. The lowest BCUT2D eigenvalue weighted by Crippen LogP contribution is -2.31. The first-order chi connectivity index (χ1) is 9.60. The van der Waals surface area contributed by atoms with E-state index in [1.54, 1.807) is 12.1 Å². The second kappa shape index (κ2) is 7.19. The molecular formula is C17H27FN2. The van der Waals surface area contributed by atoms with Crippen molar-refractivity contribution in [2.24, 2.45) is 5.92 Å². The first kappa shape index (κ1) is 15.5. The largest absolute Gasteiger partial charge is 0.310 e. The molecule has 0 spiro atoms. The van der Waals surface area contributed by atoms with Crippen molar-refractivity contribution in [3.63, 3.8) is 0 Å². The third-order valence-corrected chi connectivity index (χ3v) is 4.38. The van der Waals surface area contributed by atoms with Crippen molar-refractivity contribution >= 4 is 0 Å². The number of nitrogens with one attached hydrogen (secondary N) is 1. The van der Waals surface area contributed by atoms with Crippen LogP contribution in [0.2, 0.25) is 0 Å². The van der Waals surface area contributed by atoms with E-state index in [4.69, 9.17) is 0 Å². The van der Waals surface area contributed by atoms with E-state index in [1.165, 1.54) is 25.1 Å². The molecule has 0 saturated carbocycles. The molecule has 1 aromatic carbocycles. The molecule has 1 N–H and O–H groups in total. The molecule has 0 aromatic heterocycles. The normalized spacial score (nSPS) is 21.6. The maximum Gasteiger partial charge on any atom is 0.123 e. The van der Waals surface area contributed by atoms with E-state index in [-0.39, 0.29) is 5.82 Å². The van der Waals surface area contributed by atoms with E-state index in [2.05, 4.69) is 31.0 Å². The highest BCUT2D eigenvalue weighted by atomic mass is 19.1. The predicted molar refractivity (Wildman–Crippen MR) is 82.3 cm³/mol. The monoisotopic (exact) mass is 278 g/mol. The standard InChI is InChI=1S/C17H27FN2/c1-4-17(15-5-7-16(18)8-6-15)19-11-14-9-10-20(12-14)13(2)3/h5-8,13-14,17,19H,4,9-12H2,1-3H3. The summed E-state index contributed by atoms with van der Waals surface area (Å²) in [6, 6.07) is 7.88. The fourth-order valence-corrected chi connectivity index (χ4v) is 3.00. The van der Waals surface area contributed by atoms with Gasteiger partial charge in [-0.1, -0.05) is 19.1 Å². The summed E-state index contributed by atoms with van der Waals surface area (Å²) in [6.07, 6.45) is 2.32. The van der Waals surface area contributed by atoms with Crippen molar-refractivity contribution < 1.29 is 4.39 Å². The summed E-state index contributed by atoms with van der Waals surface area (Å²) < 4.78 is 13.0. The molecule has 1 aromatic rings. The van der Waals surface area contributed by atoms with Gasteiger partial charge in [0.1, 0.15) is 5.82 Å². The lowest BCUT2D eigenvalue weighted by molar-refractivity contribution is 0.262. The molecule has 2 rings (SSSR count). The Balaban J connectivity index is 1.84. The van der Waals surface area contributed by atoms with Gasteiger partial charge >= 0.3 is 0 Å². The van der Waals surface area contributed by atoms with Crippen LogP contribution in [0.4, 0.5) is 4.39 Å². The van der Waals surface area contributed by atoms with Crippen LogP contribution in [0.1, 0.15) is 45.2 Å². The number of hydrogen-bond acceptors (Lipinski definition) is 2. The summed E-state index contributed by atoms with van der Waals surface area (Å²) in [5, 5.41) is 3.66. The molecule has 1 fully saturated rings. The van der Waals surface area contributed by atoms with Gasteiger partial charge in [0.2, 0.25) is 0 Å². The number of nitrogens with zero attached hydrogens (tertiary/aromatic N) is 1. The Bertz CT molecular complexity index is 402. The van der Waals surface area contributed by atoms with Crippen molar-refractivity contribution in [3.8, 4) is 0 Å². The van der Waals surface area contributed by atoms with E-state index < -0.39 is 0 Å². The third-order valence-electron chi connectivity index (χ3n) is 4.38. The molecule has 0 radical (unpaired) electrons. The van der Waals surface area contributed by atoms with Crippen LogP contribution in [-0.2, 0) is 0 Å². The Morgan fingerprint density at radius 2 is 2.00 bits per heavy atom. The SMILES string of the molecule is CCC(NCC1CCN(C(C)C)C1)c1ccc(F)cc1. The maximum absolute atomic E-state index is 13.0. The highest BCUT2D eigenvalue weighted by Gasteiger charge is 2.24. The molecule has 1 aliphatic heterocycles. The Kier molecular flexibility index (Phi) is 5.55. The summed E-state index contributed by atoms with van der Waals surface area (Å²) in [5.74, 6) is 0.582. The van der Waals surface area contributed by atoms with Gasteiger partial charge in [0.05, 0.1) is 0 Å². The minimum Gasteiger partial charge on any atom is -0.310 e. The van der Waals surface area contributed by atoms with Crippen molar-refractivity contribution in [2.75, 3.05) is 19.6 Å². The summed E-state index contributed by atoms with van der Waals surface area (Å²) in [4.78, 5) is 2.55. The van der Waals surface area contributed by atoms with Crippen molar-refractivity contribution in [1.29, 1.82) is 0 Å². The van der Waals surface area contributed by atoms with Gasteiger partial charge in [0, 0.05) is 18.6 Å². The van der Waals surface area contributed by atoms with Crippen molar-refractivity contribution in [2.45, 2.75) is 45.7 Å². The van der Waals surface area contributed by atoms with Crippen LogP contribution in [0.25, 0.3) is 0 Å². The Morgan fingerprint density at radius 1 is 1.30 bits per heavy atom. The first-order valence-corrected chi connectivity index (χ1v) is 7.83. The summed E-state index contributed by atoms with van der Waals surface area (Å²) in [7, 11) is 0. The average molecular weight is 278 g/mol. The molecule has 0 aliphatic carbocycles. The van der Waals surface area contributed by atoms with Crippen molar-refractivity contribution in [3.05, 3.63) is 35.6 Å². The Labute approximate surface area is 122 Å². The number of likely N-dealkylation sites (tertiary alicyclic amines) is 1. The van der Waals surface area contributed by atoms with Crippen LogP contribution in [0.5, 0.6) is 0 Å². The molecule has 2 unspecified atom stereocenters. The summed E-state index contributed by atoms with van der Waals surface area (Å²) in [6.45, 7) is 10.2. The van der Waals surface area contributed by atoms with Crippen LogP contribution >= 0.6 is 0 Å². The van der Waals surface area contributed by atoms with E-state index >= 15 is 0 Å². The van der Waals surface area contributed by atoms with E-state index in [1.807, 2.05) is 12.1 Å². The lowest BCUT2D eigenvalue weighted by atomic mass is 10.0. The maximum atomic E-state index is 13.0. The second-order valence-electron chi connectivity index (χ2n) is 6.16. The van der Waals surface area contributed by atoms with E-state index in [9.17, 15) is 4.39 Å². The average Bonchev–Trinajstić information content (AvgIpc) is 2.90. The zero-order valence-electron chi connectivity index (χ0n) is 12.9. The minimum atomic E-state index is -0.160. The molecular weight excluding hydrogens is 251 g/mol. The molecule has 112 valence electrons. The van der Waals surface area contributed by atoms with Gasteiger partial charge in [0.25, 0.3) is 0 Å². The molecule has 1 heterocycles. The molecule has 3 heteroatoms. The molecule has 2 nitrogen and oxygen atoms in total. The number of hydrogen-bond donors (Lipinski definition) is 1. The van der Waals surface area contributed by atoms with Crippen LogP contribution in [0.3, 0.4) is 0 Å². The van der Waals surface area contributed by atoms with Gasteiger partial charge in [0.15, 0.2) is 0 Å². The minimum absolute atomic E-state index is 0.160. The van der Waals surface area contributed by atoms with Crippen LogP contribution < -0.4 is 5.32 Å². The first-order valence-electron chi connectivity index (χ1n) is 7.83. The zero-order chi connectivity index (χ0) is 14.5. The molecule has 1 saturated heterocycles. The molecule has 1 aliphatic rings. The smallest absolute Gasteiger partial charge is 0.123 e. The van der Waals surface area contributed by atoms with Gasteiger partial charge < -0.3 is 10.2 Å². The zero-order valence-corrected chi connectivity index (χ0v) is 12.9. The predicted octanol–water partition coefficient (Wildman–Crippen LogP) is 3.60. The molecule has 0 amide bonds. The van der Waals surface area contributed by atoms with Gasteiger partial charge in [-0.25, -0.2) is 4.39 Å². The van der Waals surface area contributed by atoms with Gasteiger partial charge in [-0.15, -0.1) is 0 Å². The van der Waals surface area contributed by atoms with E-state index in [0.717, 1.165) is 18.9 Å². The Hall–Kier alpha value is -0.930. The number of rotatable bonds is 6. The fraction of sp³-hybridized carbons (Fsp3) is 0.647. The molecule has 0 bridgehead atoms. The lowest BCUT2D eigenvalue weighted by Gasteiger charge is -2.22. The number of halogens is 1. The molecule has 2 atom stereocenters. The van der Waals surface area contributed by atoms with Gasteiger partial charge in [-0.2, -0.15) is 0 Å². The van der Waals surface area contributed by atoms with E-state index in [0.29, 0.717) is 12.1 Å². The van der Waals surface area contributed by atoms with Gasteiger partial charge in [-0.05, 0) is 63.4 Å². The second-order valence-corrected chi connectivity index (χ2v) is 6.16. The van der Waals surface area contributed by atoms with Crippen molar-refractivity contribution in [1.82, 2.24) is 10.2 Å². The van der Waals surface area contributed by atoms with Crippen LogP contribution in [0.15, 0.2) is 24.3 Å². The summed E-state index contributed by atoms with van der Waals surface area (Å²) >= 11 is 0. The van der Waals surface area contributed by atoms with Crippen LogP contribution in [0, 0.1) is 11.7 Å². The topological polar surface area (TPSA) is 15.3 Å². The number of benzene rings is 1. The van der Waals surface area contributed by atoms with Crippen LogP contribution in [-0.4, -0.2) is 30.6 Å². The Morgan fingerprint density at radius 3 is 2.55 bits per heavy atom. The quantitative estimate of drug-likeness (QED) is 0.855. The molecule has 20 heavy (non-hydrogen) atoms. The third kappa shape index (κ3) is 4.03. The fourth-order valence-electron chi connectivity index (χ4n) is 3.00. The highest BCUT2D eigenvalue weighted by Crippen LogP contribution is 2.21.